The van der Waals surface area contributed by atoms with E-state index in [0.29, 0.717) is 0 Å². The first-order valence-corrected chi connectivity index (χ1v) is 12.3. The molecule has 0 spiro atoms. The third kappa shape index (κ3) is 8.69. The van der Waals surface area contributed by atoms with Gasteiger partial charge in [-0.25, -0.2) is 4.79 Å². The summed E-state index contributed by atoms with van der Waals surface area (Å²) in [6.07, 6.45) is -1.33. The number of hydrogen-bond donors (Lipinski definition) is 2. The molecule has 0 aliphatic rings. The molecule has 1 amide bonds. The second kappa shape index (κ2) is 11.9. The average molecular weight is 498 g/mol. The summed E-state index contributed by atoms with van der Waals surface area (Å²) in [5, 5.41) is 2.31. The van der Waals surface area contributed by atoms with Gasteiger partial charge in [-0.15, -0.1) is 0 Å². The zero-order valence-electron chi connectivity index (χ0n) is 16.6. The van der Waals surface area contributed by atoms with Gasteiger partial charge in [0.1, 0.15) is 6.61 Å². The van der Waals surface area contributed by atoms with Crippen molar-refractivity contribution in [2.24, 2.45) is 5.92 Å². The first kappa shape index (κ1) is 24.1. The number of halogens is 1. The summed E-state index contributed by atoms with van der Waals surface area (Å²) in [6, 6.07) is 16.4. The van der Waals surface area contributed by atoms with Crippen LogP contribution in [0.4, 0.5) is 4.79 Å². The maximum atomic E-state index is 12.6. The van der Waals surface area contributed by atoms with Gasteiger partial charge in [0, 0.05) is 10.6 Å². The summed E-state index contributed by atoms with van der Waals surface area (Å²) in [5.41, 5.74) is 1.64. The molecule has 7 nitrogen and oxygen atoms in total. The Morgan fingerprint density at radius 2 is 1.73 bits per heavy atom. The minimum Gasteiger partial charge on any atom is -0.466 e. The summed E-state index contributed by atoms with van der Waals surface area (Å²) in [4.78, 5) is 34.5. The second-order valence-electron chi connectivity index (χ2n) is 6.71. The predicted molar refractivity (Wildman–Crippen MR) is 117 cm³/mol. The molecule has 0 heterocycles. The molecule has 162 valence electrons. The lowest BCUT2D eigenvalue weighted by molar-refractivity contribution is -0.147. The van der Waals surface area contributed by atoms with Crippen LogP contribution in [0, 0.1) is 5.92 Å². The smallest absolute Gasteiger partial charge is 0.407 e. The van der Waals surface area contributed by atoms with E-state index < -0.39 is 31.6 Å². The molecule has 0 bridgehead atoms. The Morgan fingerprint density at radius 1 is 1.07 bits per heavy atom. The Kier molecular flexibility index (Phi) is 9.56. The van der Waals surface area contributed by atoms with E-state index >= 15 is 0 Å². The highest BCUT2D eigenvalue weighted by atomic mass is 79.9. The minimum atomic E-state index is -3.84. The van der Waals surface area contributed by atoms with Crippen LogP contribution in [0.5, 0.6) is 0 Å². The molecule has 1 unspecified atom stereocenters. The third-order valence-electron chi connectivity index (χ3n) is 4.20. The van der Waals surface area contributed by atoms with Crippen LogP contribution in [0.25, 0.3) is 0 Å². The molecule has 2 rings (SSSR count). The highest BCUT2D eigenvalue weighted by Crippen LogP contribution is 2.42. The van der Waals surface area contributed by atoms with Crippen molar-refractivity contribution in [3.8, 4) is 0 Å². The summed E-state index contributed by atoms with van der Waals surface area (Å²) >= 11 is 3.35. The van der Waals surface area contributed by atoms with Gasteiger partial charge in [-0.3, -0.25) is 9.36 Å². The van der Waals surface area contributed by atoms with Crippen molar-refractivity contribution in [3.63, 3.8) is 0 Å². The molecule has 0 aromatic heterocycles. The molecule has 0 fully saturated rings. The third-order valence-corrected chi connectivity index (χ3v) is 6.40. The van der Waals surface area contributed by atoms with Crippen LogP contribution in [-0.2, 0) is 31.9 Å². The normalized spacial score (nSPS) is 13.7. The Labute approximate surface area is 184 Å². The minimum absolute atomic E-state index is 0.0530. The number of hydrogen-bond acceptors (Lipinski definition) is 5. The Bertz CT molecular complexity index is 875. The molecule has 2 N–H and O–H groups in total. The fraction of sp³-hybridized carbons (Fsp3) is 0.333. The van der Waals surface area contributed by atoms with Crippen LogP contribution in [0.1, 0.15) is 18.1 Å². The van der Waals surface area contributed by atoms with E-state index in [1.165, 1.54) is 0 Å². The first-order chi connectivity index (χ1) is 14.3. The van der Waals surface area contributed by atoms with Crippen molar-refractivity contribution in [2.75, 3.05) is 19.1 Å². The van der Waals surface area contributed by atoms with Crippen molar-refractivity contribution in [1.29, 1.82) is 0 Å². The van der Waals surface area contributed by atoms with Gasteiger partial charge in [-0.1, -0.05) is 58.4 Å². The van der Waals surface area contributed by atoms with E-state index in [0.717, 1.165) is 15.6 Å². The van der Waals surface area contributed by atoms with E-state index in [-0.39, 0.29) is 25.8 Å². The number of esters is 1. The highest BCUT2D eigenvalue weighted by Gasteiger charge is 2.30. The topological polar surface area (TPSA) is 102 Å². The highest BCUT2D eigenvalue weighted by molar-refractivity contribution is 9.10. The Morgan fingerprint density at radius 3 is 2.37 bits per heavy atom. The molecule has 30 heavy (non-hydrogen) atoms. The van der Waals surface area contributed by atoms with Crippen molar-refractivity contribution < 1.29 is 28.5 Å². The Balaban J connectivity index is 1.92. The first-order valence-electron chi connectivity index (χ1n) is 9.45. The summed E-state index contributed by atoms with van der Waals surface area (Å²) < 4.78 is 23.6. The maximum absolute atomic E-state index is 12.6. The van der Waals surface area contributed by atoms with Crippen molar-refractivity contribution in [1.82, 2.24) is 5.32 Å². The lowest BCUT2D eigenvalue weighted by Gasteiger charge is -2.20. The zero-order chi connectivity index (χ0) is 22.0. The summed E-state index contributed by atoms with van der Waals surface area (Å²) in [6.45, 7) is 1.91. The molecular weight excluding hydrogens is 473 g/mol. The number of ether oxygens (including phenoxy) is 2. The molecule has 2 atom stereocenters. The van der Waals surface area contributed by atoms with Crippen molar-refractivity contribution in [3.05, 3.63) is 70.2 Å². The molecule has 0 radical (unpaired) electrons. The van der Waals surface area contributed by atoms with Gasteiger partial charge >= 0.3 is 12.1 Å². The van der Waals surface area contributed by atoms with Crippen LogP contribution in [-0.4, -0.2) is 36.0 Å². The van der Waals surface area contributed by atoms with Crippen LogP contribution in [0.3, 0.4) is 0 Å². The number of carbonyl (C=O) groups excluding carboxylic acids is 2. The van der Waals surface area contributed by atoms with Crippen molar-refractivity contribution in [2.45, 2.75) is 20.0 Å². The SMILES string of the molecule is CCOC(=O)[C@@H](Cc1ccc(Br)cc1)CP(=O)(O)CNC(=O)OCc1ccccc1. The van der Waals surface area contributed by atoms with Crippen LogP contribution in [0.15, 0.2) is 59.1 Å². The molecule has 0 aliphatic heterocycles. The number of benzene rings is 2. The van der Waals surface area contributed by atoms with Gasteiger partial charge in [-0.2, -0.15) is 0 Å². The lowest BCUT2D eigenvalue weighted by Crippen LogP contribution is -2.29. The van der Waals surface area contributed by atoms with Gasteiger partial charge < -0.3 is 19.7 Å². The molecule has 0 saturated carbocycles. The average Bonchev–Trinajstić information content (AvgIpc) is 2.73. The fourth-order valence-electron chi connectivity index (χ4n) is 2.76. The number of nitrogens with one attached hydrogen (secondary N) is 1. The van der Waals surface area contributed by atoms with E-state index in [1.54, 1.807) is 19.1 Å². The molecular formula is C21H25BrNO6P. The molecule has 0 saturated heterocycles. The largest absolute Gasteiger partial charge is 0.466 e. The molecule has 9 heteroatoms. The Hall–Kier alpha value is -2.15. The standard InChI is InChI=1S/C21H25BrNO6P/c1-2-28-20(24)18(12-16-8-10-19(22)11-9-16)14-30(26,27)15-23-21(25)29-13-17-6-4-3-5-7-17/h3-11,18H,2,12-15H2,1H3,(H,23,25)(H,26,27)/t18-/m0/s1. The molecule has 0 aliphatic carbocycles. The van der Waals surface area contributed by atoms with Crippen LogP contribution < -0.4 is 5.32 Å². The van der Waals surface area contributed by atoms with E-state index in [4.69, 9.17) is 9.47 Å². The summed E-state index contributed by atoms with van der Waals surface area (Å²) in [5.74, 6) is -1.34. The van der Waals surface area contributed by atoms with Gasteiger partial charge in [0.05, 0.1) is 18.8 Å². The quantitative estimate of drug-likeness (QED) is 0.374. The van der Waals surface area contributed by atoms with Gasteiger partial charge in [0.2, 0.25) is 7.37 Å². The van der Waals surface area contributed by atoms with E-state index in [1.807, 2.05) is 42.5 Å². The molecule has 2 aromatic carbocycles. The second-order valence-corrected chi connectivity index (χ2v) is 9.99. The van der Waals surface area contributed by atoms with E-state index in [2.05, 4.69) is 21.2 Å². The summed E-state index contributed by atoms with van der Waals surface area (Å²) in [7, 11) is -3.84. The number of amides is 1. The van der Waals surface area contributed by atoms with Crippen LogP contribution in [0.2, 0.25) is 0 Å². The van der Waals surface area contributed by atoms with Gasteiger partial charge in [0.15, 0.2) is 0 Å². The fourth-order valence-corrected chi connectivity index (χ4v) is 4.50. The van der Waals surface area contributed by atoms with E-state index in [9.17, 15) is 19.0 Å². The number of alkyl carbamates (subject to hydrolysis) is 1. The number of rotatable bonds is 10. The predicted octanol–water partition coefficient (Wildman–Crippen LogP) is 4.33. The lowest BCUT2D eigenvalue weighted by atomic mass is 10.0. The molecule has 2 aromatic rings. The van der Waals surface area contributed by atoms with Crippen molar-refractivity contribution >= 4 is 35.4 Å². The zero-order valence-corrected chi connectivity index (χ0v) is 19.1. The number of carbonyl (C=O) groups is 2. The van der Waals surface area contributed by atoms with Crippen LogP contribution >= 0.6 is 23.3 Å². The van der Waals surface area contributed by atoms with Gasteiger partial charge in [-0.05, 0) is 36.6 Å². The van der Waals surface area contributed by atoms with Gasteiger partial charge in [0.25, 0.3) is 0 Å². The maximum Gasteiger partial charge on any atom is 0.407 e. The monoisotopic (exact) mass is 497 g/mol.